The molecule has 2 unspecified atom stereocenters. The highest BCUT2D eigenvalue weighted by atomic mass is 14.9. The van der Waals surface area contributed by atoms with Crippen LogP contribution >= 0.6 is 0 Å². The lowest BCUT2D eigenvalue weighted by molar-refractivity contribution is 0.208. The van der Waals surface area contributed by atoms with E-state index in [1.165, 1.54) is 45.1 Å². The fraction of sp³-hybridized carbons (Fsp3) is 1.00. The second kappa shape index (κ2) is 6.44. The Morgan fingerprint density at radius 1 is 1.07 bits per heavy atom. The zero-order valence-corrected chi connectivity index (χ0v) is 10.2. The van der Waals surface area contributed by atoms with Crippen molar-refractivity contribution in [3.63, 3.8) is 0 Å². The molecule has 0 aliphatic heterocycles. The van der Waals surface area contributed by atoms with Crippen molar-refractivity contribution in [2.45, 2.75) is 65.3 Å². The monoisotopic (exact) mass is 197 g/mol. The lowest BCUT2D eigenvalue weighted by Crippen LogP contribution is -2.43. The molecule has 1 saturated carbocycles. The highest BCUT2D eigenvalue weighted by Gasteiger charge is 2.26. The Bertz CT molecular complexity index is 134. The van der Waals surface area contributed by atoms with Crippen LogP contribution in [0.1, 0.15) is 59.3 Å². The molecule has 0 heterocycles. The molecule has 0 aromatic rings. The molecule has 0 spiro atoms. The van der Waals surface area contributed by atoms with Gasteiger partial charge in [0.15, 0.2) is 0 Å². The van der Waals surface area contributed by atoms with Crippen LogP contribution in [0.15, 0.2) is 0 Å². The van der Waals surface area contributed by atoms with Crippen molar-refractivity contribution in [2.24, 2.45) is 11.8 Å². The van der Waals surface area contributed by atoms with E-state index in [9.17, 15) is 0 Å². The van der Waals surface area contributed by atoms with Gasteiger partial charge in [0, 0.05) is 6.04 Å². The van der Waals surface area contributed by atoms with Gasteiger partial charge in [0.25, 0.3) is 0 Å². The van der Waals surface area contributed by atoms with Crippen LogP contribution in [0.3, 0.4) is 0 Å². The average molecular weight is 197 g/mol. The van der Waals surface area contributed by atoms with Gasteiger partial charge in [-0.3, -0.25) is 0 Å². The van der Waals surface area contributed by atoms with Crippen molar-refractivity contribution in [1.29, 1.82) is 0 Å². The Morgan fingerprint density at radius 3 is 2.29 bits per heavy atom. The van der Waals surface area contributed by atoms with Gasteiger partial charge in [0.05, 0.1) is 0 Å². The second-order valence-electron chi connectivity index (χ2n) is 5.07. The summed E-state index contributed by atoms with van der Waals surface area (Å²) in [6.45, 7) is 8.32. The van der Waals surface area contributed by atoms with Gasteiger partial charge in [-0.25, -0.2) is 0 Å². The normalized spacial score (nSPS) is 33.2. The SMILES string of the molecule is CCCCCNC1C(C)CCCC1C. The summed E-state index contributed by atoms with van der Waals surface area (Å²) in [5, 5.41) is 3.76. The molecule has 0 saturated heterocycles. The number of rotatable bonds is 5. The van der Waals surface area contributed by atoms with E-state index < -0.39 is 0 Å². The molecule has 1 fully saturated rings. The van der Waals surface area contributed by atoms with Crippen molar-refractivity contribution in [3.05, 3.63) is 0 Å². The number of nitrogens with one attached hydrogen (secondary N) is 1. The zero-order valence-electron chi connectivity index (χ0n) is 10.2. The zero-order chi connectivity index (χ0) is 10.4. The van der Waals surface area contributed by atoms with Crippen molar-refractivity contribution >= 4 is 0 Å². The molecule has 0 bridgehead atoms. The molecule has 0 radical (unpaired) electrons. The van der Waals surface area contributed by atoms with Crippen LogP contribution in [0.25, 0.3) is 0 Å². The summed E-state index contributed by atoms with van der Waals surface area (Å²) in [6, 6.07) is 0.792. The average Bonchev–Trinajstić information content (AvgIpc) is 2.16. The molecule has 0 aromatic heterocycles. The summed E-state index contributed by atoms with van der Waals surface area (Å²) in [6.07, 6.45) is 8.35. The van der Waals surface area contributed by atoms with Gasteiger partial charge in [-0.2, -0.15) is 0 Å². The standard InChI is InChI=1S/C13H27N/c1-4-5-6-10-14-13-11(2)8-7-9-12(13)3/h11-14H,4-10H2,1-3H3. The van der Waals surface area contributed by atoms with Crippen LogP contribution < -0.4 is 5.32 Å². The molecular weight excluding hydrogens is 170 g/mol. The third-order valence-corrected chi connectivity index (χ3v) is 3.71. The van der Waals surface area contributed by atoms with Crippen LogP contribution in [0, 0.1) is 11.8 Å². The van der Waals surface area contributed by atoms with Gasteiger partial charge in [0.1, 0.15) is 0 Å². The molecule has 1 N–H and O–H groups in total. The molecule has 1 aliphatic rings. The summed E-state index contributed by atoms with van der Waals surface area (Å²) in [5.74, 6) is 1.78. The highest BCUT2D eigenvalue weighted by molar-refractivity contribution is 4.82. The first-order valence-corrected chi connectivity index (χ1v) is 6.49. The summed E-state index contributed by atoms with van der Waals surface area (Å²) < 4.78 is 0. The molecule has 2 atom stereocenters. The molecule has 0 amide bonds. The van der Waals surface area contributed by atoms with E-state index in [1.807, 2.05) is 0 Å². The van der Waals surface area contributed by atoms with Crippen LogP contribution in [-0.4, -0.2) is 12.6 Å². The maximum atomic E-state index is 3.76. The largest absolute Gasteiger partial charge is 0.313 e. The number of hydrogen-bond acceptors (Lipinski definition) is 1. The van der Waals surface area contributed by atoms with Crippen LogP contribution in [-0.2, 0) is 0 Å². The summed E-state index contributed by atoms with van der Waals surface area (Å²) in [7, 11) is 0. The quantitative estimate of drug-likeness (QED) is 0.664. The molecule has 84 valence electrons. The topological polar surface area (TPSA) is 12.0 Å². The number of hydrogen-bond donors (Lipinski definition) is 1. The van der Waals surface area contributed by atoms with E-state index in [1.54, 1.807) is 0 Å². The fourth-order valence-corrected chi connectivity index (χ4v) is 2.73. The van der Waals surface area contributed by atoms with E-state index in [4.69, 9.17) is 0 Å². The molecular formula is C13H27N. The fourth-order valence-electron chi connectivity index (χ4n) is 2.73. The van der Waals surface area contributed by atoms with Gasteiger partial charge in [-0.1, -0.05) is 40.0 Å². The minimum atomic E-state index is 0.792. The minimum absolute atomic E-state index is 0.792. The van der Waals surface area contributed by atoms with E-state index in [2.05, 4.69) is 26.1 Å². The van der Waals surface area contributed by atoms with E-state index in [-0.39, 0.29) is 0 Å². The maximum Gasteiger partial charge on any atom is 0.0118 e. The van der Waals surface area contributed by atoms with Gasteiger partial charge in [-0.05, 0) is 37.6 Å². The summed E-state index contributed by atoms with van der Waals surface area (Å²) in [4.78, 5) is 0. The predicted molar refractivity (Wildman–Crippen MR) is 63.5 cm³/mol. The van der Waals surface area contributed by atoms with E-state index >= 15 is 0 Å². The third-order valence-electron chi connectivity index (χ3n) is 3.71. The lowest BCUT2D eigenvalue weighted by atomic mass is 9.79. The first-order chi connectivity index (χ1) is 6.75. The van der Waals surface area contributed by atoms with Crippen LogP contribution in [0.2, 0.25) is 0 Å². The third kappa shape index (κ3) is 3.61. The smallest absolute Gasteiger partial charge is 0.0118 e. The Hall–Kier alpha value is -0.0400. The molecule has 1 rings (SSSR count). The Kier molecular flexibility index (Phi) is 5.54. The van der Waals surface area contributed by atoms with Crippen molar-refractivity contribution in [3.8, 4) is 0 Å². The lowest BCUT2D eigenvalue weighted by Gasteiger charge is -2.35. The summed E-state index contributed by atoms with van der Waals surface area (Å²) in [5.41, 5.74) is 0. The van der Waals surface area contributed by atoms with E-state index in [0.717, 1.165) is 17.9 Å². The summed E-state index contributed by atoms with van der Waals surface area (Å²) >= 11 is 0. The van der Waals surface area contributed by atoms with Gasteiger partial charge < -0.3 is 5.32 Å². The molecule has 1 heteroatoms. The van der Waals surface area contributed by atoms with Crippen LogP contribution in [0.4, 0.5) is 0 Å². The van der Waals surface area contributed by atoms with Crippen molar-refractivity contribution < 1.29 is 0 Å². The second-order valence-corrected chi connectivity index (χ2v) is 5.07. The van der Waals surface area contributed by atoms with Gasteiger partial charge >= 0.3 is 0 Å². The Labute approximate surface area is 89.7 Å². The first-order valence-electron chi connectivity index (χ1n) is 6.49. The van der Waals surface area contributed by atoms with Crippen molar-refractivity contribution in [2.75, 3.05) is 6.54 Å². The highest BCUT2D eigenvalue weighted by Crippen LogP contribution is 2.28. The van der Waals surface area contributed by atoms with Crippen LogP contribution in [0.5, 0.6) is 0 Å². The molecule has 0 aromatic carbocycles. The maximum absolute atomic E-state index is 3.76. The number of unbranched alkanes of at least 4 members (excludes halogenated alkanes) is 2. The Balaban J connectivity index is 2.19. The van der Waals surface area contributed by atoms with Crippen molar-refractivity contribution in [1.82, 2.24) is 5.32 Å². The van der Waals surface area contributed by atoms with E-state index in [0.29, 0.717) is 0 Å². The molecule has 1 aliphatic carbocycles. The Morgan fingerprint density at radius 2 is 1.71 bits per heavy atom. The minimum Gasteiger partial charge on any atom is -0.313 e. The predicted octanol–water partition coefficient (Wildman–Crippen LogP) is 3.59. The molecule has 1 nitrogen and oxygen atoms in total. The van der Waals surface area contributed by atoms with Gasteiger partial charge in [0.2, 0.25) is 0 Å². The van der Waals surface area contributed by atoms with Gasteiger partial charge in [-0.15, -0.1) is 0 Å². The first kappa shape index (κ1) is 12.0. The molecule has 14 heavy (non-hydrogen) atoms.